The Morgan fingerprint density at radius 2 is 2.15 bits per heavy atom. The van der Waals surface area contributed by atoms with Gasteiger partial charge in [0.2, 0.25) is 5.82 Å². The van der Waals surface area contributed by atoms with Gasteiger partial charge in [-0.25, -0.2) is 4.68 Å². The zero-order valence-corrected chi connectivity index (χ0v) is 12.3. The summed E-state index contributed by atoms with van der Waals surface area (Å²) in [6.07, 6.45) is 0.657. The Hall–Kier alpha value is -2.12. The number of nitro groups is 1. The molecule has 1 aromatic heterocycles. The molecule has 0 bridgehead atoms. The van der Waals surface area contributed by atoms with E-state index < -0.39 is 4.92 Å². The zero-order chi connectivity index (χ0) is 15.3. The van der Waals surface area contributed by atoms with Gasteiger partial charge in [0.25, 0.3) is 0 Å². The third kappa shape index (κ3) is 3.46. The number of carbonyl (C=O) groups is 1. The van der Waals surface area contributed by atoms with Crippen molar-refractivity contribution in [2.75, 3.05) is 25.1 Å². The monoisotopic (exact) mass is 284 g/mol. The molecule has 0 aliphatic rings. The van der Waals surface area contributed by atoms with Crippen LogP contribution in [0.25, 0.3) is 0 Å². The first-order valence-corrected chi connectivity index (χ1v) is 6.49. The fourth-order valence-electron chi connectivity index (χ4n) is 2.01. The van der Waals surface area contributed by atoms with Crippen LogP contribution >= 0.6 is 0 Å². The molecule has 0 amide bonds. The Labute approximate surface area is 117 Å². The van der Waals surface area contributed by atoms with Crippen LogP contribution in [0.3, 0.4) is 0 Å². The van der Waals surface area contributed by atoms with Gasteiger partial charge in [0, 0.05) is 20.6 Å². The van der Waals surface area contributed by atoms with Crippen LogP contribution in [0.2, 0.25) is 0 Å². The van der Waals surface area contributed by atoms with Crippen molar-refractivity contribution in [3.63, 3.8) is 0 Å². The molecule has 0 saturated heterocycles. The number of aryl methyl sites for hydroxylation is 2. The molecule has 0 unspecified atom stereocenters. The van der Waals surface area contributed by atoms with Crippen LogP contribution in [0, 0.1) is 10.1 Å². The van der Waals surface area contributed by atoms with E-state index in [0.29, 0.717) is 31.1 Å². The second-order valence-electron chi connectivity index (χ2n) is 4.33. The van der Waals surface area contributed by atoms with Crippen molar-refractivity contribution in [3.8, 4) is 0 Å². The number of hydrogen-bond donors (Lipinski definition) is 0. The predicted molar refractivity (Wildman–Crippen MR) is 73.8 cm³/mol. The van der Waals surface area contributed by atoms with Crippen LogP contribution < -0.4 is 4.90 Å². The van der Waals surface area contributed by atoms with E-state index in [-0.39, 0.29) is 18.1 Å². The number of hydrogen-bond acceptors (Lipinski definition) is 6. The molecule has 0 atom stereocenters. The van der Waals surface area contributed by atoms with E-state index in [0.717, 1.165) is 0 Å². The third-order valence-corrected chi connectivity index (χ3v) is 2.90. The second kappa shape index (κ2) is 6.88. The van der Waals surface area contributed by atoms with Gasteiger partial charge in [-0.3, -0.25) is 14.9 Å². The van der Waals surface area contributed by atoms with Gasteiger partial charge < -0.3 is 9.64 Å². The molecule has 0 aliphatic carbocycles. The van der Waals surface area contributed by atoms with Crippen LogP contribution in [0.15, 0.2) is 0 Å². The highest BCUT2D eigenvalue weighted by atomic mass is 16.6. The minimum absolute atomic E-state index is 0.00126. The Morgan fingerprint density at radius 3 is 2.65 bits per heavy atom. The fraction of sp³-hybridized carbons (Fsp3) is 0.667. The molecule has 0 aromatic carbocycles. The molecular weight excluding hydrogens is 264 g/mol. The molecule has 0 aliphatic heterocycles. The summed E-state index contributed by atoms with van der Waals surface area (Å²) in [7, 11) is 3.35. The summed E-state index contributed by atoms with van der Waals surface area (Å²) in [5.74, 6) is 0.0797. The lowest BCUT2D eigenvalue weighted by atomic mass is 10.3. The van der Waals surface area contributed by atoms with Gasteiger partial charge in [0.05, 0.1) is 18.0 Å². The van der Waals surface area contributed by atoms with Crippen molar-refractivity contribution in [2.45, 2.75) is 26.7 Å². The number of rotatable bonds is 7. The second-order valence-corrected chi connectivity index (χ2v) is 4.33. The summed E-state index contributed by atoms with van der Waals surface area (Å²) in [5.41, 5.74) is 0.442. The standard InChI is InChI=1S/C12H20N4O4/c1-5-9-11(16(18)19)12(15(4)13-9)14(3)8-7-10(17)20-6-2/h5-8H2,1-4H3. The van der Waals surface area contributed by atoms with Crippen molar-refractivity contribution < 1.29 is 14.5 Å². The van der Waals surface area contributed by atoms with E-state index >= 15 is 0 Å². The zero-order valence-electron chi connectivity index (χ0n) is 12.3. The number of aromatic nitrogens is 2. The van der Waals surface area contributed by atoms with E-state index in [9.17, 15) is 14.9 Å². The van der Waals surface area contributed by atoms with E-state index in [4.69, 9.17) is 4.74 Å². The number of anilines is 1. The maximum absolute atomic E-state index is 11.3. The lowest BCUT2D eigenvalue weighted by Crippen LogP contribution is -2.24. The summed E-state index contributed by atoms with van der Waals surface area (Å²) >= 11 is 0. The van der Waals surface area contributed by atoms with Gasteiger partial charge in [-0.05, 0) is 13.3 Å². The van der Waals surface area contributed by atoms with Gasteiger partial charge in [0.15, 0.2) is 0 Å². The Kier molecular flexibility index (Phi) is 5.48. The fourth-order valence-corrected chi connectivity index (χ4v) is 2.01. The molecule has 112 valence electrons. The molecule has 0 fully saturated rings. The van der Waals surface area contributed by atoms with Gasteiger partial charge in [0.1, 0.15) is 5.69 Å². The number of carbonyl (C=O) groups excluding carboxylic acids is 1. The van der Waals surface area contributed by atoms with Crippen LogP contribution in [0.4, 0.5) is 11.5 Å². The Bertz CT molecular complexity index is 498. The molecule has 0 N–H and O–H groups in total. The minimum atomic E-state index is -0.429. The number of nitrogens with zero attached hydrogens (tertiary/aromatic N) is 4. The van der Waals surface area contributed by atoms with Gasteiger partial charge in [-0.1, -0.05) is 6.92 Å². The van der Waals surface area contributed by atoms with E-state index in [2.05, 4.69) is 5.10 Å². The van der Waals surface area contributed by atoms with Gasteiger partial charge in [-0.15, -0.1) is 0 Å². The van der Waals surface area contributed by atoms with Crippen LogP contribution in [-0.2, 0) is 23.0 Å². The molecule has 8 nitrogen and oxygen atoms in total. The topological polar surface area (TPSA) is 90.5 Å². The van der Waals surface area contributed by atoms with Crippen LogP contribution in [0.5, 0.6) is 0 Å². The summed E-state index contributed by atoms with van der Waals surface area (Å²) in [6, 6.07) is 0. The third-order valence-electron chi connectivity index (χ3n) is 2.90. The van der Waals surface area contributed by atoms with Gasteiger partial charge >= 0.3 is 11.7 Å². The van der Waals surface area contributed by atoms with E-state index in [1.807, 2.05) is 6.92 Å². The van der Waals surface area contributed by atoms with Crippen molar-refractivity contribution in [3.05, 3.63) is 15.8 Å². The molecule has 20 heavy (non-hydrogen) atoms. The Balaban J connectivity index is 2.92. The average Bonchev–Trinajstić information content (AvgIpc) is 2.73. The van der Waals surface area contributed by atoms with Crippen molar-refractivity contribution in [1.29, 1.82) is 0 Å². The maximum atomic E-state index is 11.3. The minimum Gasteiger partial charge on any atom is -0.466 e. The average molecular weight is 284 g/mol. The molecule has 1 aromatic rings. The molecule has 0 spiro atoms. The van der Waals surface area contributed by atoms with Crippen LogP contribution in [-0.4, -0.2) is 40.9 Å². The lowest BCUT2D eigenvalue weighted by Gasteiger charge is -2.17. The summed E-state index contributed by atoms with van der Waals surface area (Å²) < 4.78 is 6.31. The number of ether oxygens (including phenoxy) is 1. The Morgan fingerprint density at radius 1 is 1.50 bits per heavy atom. The smallest absolute Gasteiger partial charge is 0.334 e. The van der Waals surface area contributed by atoms with Crippen molar-refractivity contribution >= 4 is 17.5 Å². The first-order chi connectivity index (χ1) is 9.42. The SMILES string of the molecule is CCOC(=O)CCN(C)c1c([N+](=O)[O-])c(CC)nn1C. The highest BCUT2D eigenvalue weighted by Gasteiger charge is 2.28. The molecule has 0 radical (unpaired) electrons. The highest BCUT2D eigenvalue weighted by molar-refractivity contribution is 5.70. The van der Waals surface area contributed by atoms with Crippen molar-refractivity contribution in [2.24, 2.45) is 7.05 Å². The van der Waals surface area contributed by atoms with Crippen molar-refractivity contribution in [1.82, 2.24) is 9.78 Å². The van der Waals surface area contributed by atoms with Crippen LogP contribution in [0.1, 0.15) is 26.0 Å². The predicted octanol–water partition coefficient (Wildman–Crippen LogP) is 1.28. The largest absolute Gasteiger partial charge is 0.466 e. The summed E-state index contributed by atoms with van der Waals surface area (Å²) in [4.78, 5) is 23.8. The molecule has 8 heteroatoms. The molecular formula is C12H20N4O4. The number of esters is 1. The molecule has 1 rings (SSSR count). The molecule has 0 saturated carbocycles. The summed E-state index contributed by atoms with van der Waals surface area (Å²) in [5, 5.41) is 15.3. The first-order valence-electron chi connectivity index (χ1n) is 6.49. The maximum Gasteiger partial charge on any atom is 0.334 e. The quantitative estimate of drug-likeness (QED) is 0.425. The summed E-state index contributed by atoms with van der Waals surface area (Å²) in [6.45, 7) is 4.22. The lowest BCUT2D eigenvalue weighted by molar-refractivity contribution is -0.384. The van der Waals surface area contributed by atoms with Gasteiger partial charge in [-0.2, -0.15) is 5.10 Å². The highest BCUT2D eigenvalue weighted by Crippen LogP contribution is 2.30. The van der Waals surface area contributed by atoms with E-state index in [1.54, 1.807) is 25.9 Å². The van der Waals surface area contributed by atoms with E-state index in [1.165, 1.54) is 4.68 Å². The first kappa shape index (κ1) is 15.9. The normalized spacial score (nSPS) is 10.4. The molecule has 1 heterocycles.